The van der Waals surface area contributed by atoms with Crippen molar-refractivity contribution in [1.29, 1.82) is 0 Å². The highest BCUT2D eigenvalue weighted by Crippen LogP contribution is 2.28. The lowest BCUT2D eigenvalue weighted by Crippen LogP contribution is -2.71. The Morgan fingerprint density at radius 3 is 2.48 bits per heavy atom. The molecule has 0 spiro atoms. The van der Waals surface area contributed by atoms with E-state index in [9.17, 15) is 19.2 Å². The monoisotopic (exact) mass is 498 g/mol. The summed E-state index contributed by atoms with van der Waals surface area (Å²) in [6.07, 6.45) is 0.238. The van der Waals surface area contributed by atoms with Crippen molar-refractivity contribution < 1.29 is 33.4 Å². The number of β-lactam (4-membered cyclic amide) rings is 1. The van der Waals surface area contributed by atoms with Crippen LogP contribution >= 0.6 is 23.4 Å². The van der Waals surface area contributed by atoms with E-state index in [0.717, 1.165) is 11.1 Å². The number of benzene rings is 1. The minimum atomic E-state index is -0.817. The standard InChI is InChI=1S/C22H27ClN2O7S/c1-14(13-33-9-8-18(27)31-3)21-20(24-17(26)10-23)22(29)25(21)11-19(28)32-12-15-4-6-16(30-2)7-5-15/h4-7,13,20-21H,8-12H2,1-3H3,(H,24,26). The molecule has 1 N–H and O–H groups in total. The van der Waals surface area contributed by atoms with E-state index >= 15 is 0 Å². The smallest absolute Gasteiger partial charge is 0.326 e. The summed E-state index contributed by atoms with van der Waals surface area (Å²) in [5, 5.41) is 4.39. The van der Waals surface area contributed by atoms with Crippen LogP contribution in [0.15, 0.2) is 35.2 Å². The van der Waals surface area contributed by atoms with Gasteiger partial charge in [-0.05, 0) is 35.6 Å². The van der Waals surface area contributed by atoms with Gasteiger partial charge in [0.1, 0.15) is 30.8 Å². The van der Waals surface area contributed by atoms with Crippen molar-refractivity contribution in [3.05, 3.63) is 40.8 Å². The fraction of sp³-hybridized carbons (Fsp3) is 0.455. The normalized spacial score (nSPS) is 17.8. The van der Waals surface area contributed by atoms with Crippen LogP contribution in [0, 0.1) is 0 Å². The van der Waals surface area contributed by atoms with Crippen LogP contribution in [0.2, 0.25) is 0 Å². The van der Waals surface area contributed by atoms with Gasteiger partial charge in [-0.1, -0.05) is 12.1 Å². The van der Waals surface area contributed by atoms with E-state index in [4.69, 9.17) is 21.1 Å². The summed E-state index contributed by atoms with van der Waals surface area (Å²) >= 11 is 6.93. The summed E-state index contributed by atoms with van der Waals surface area (Å²) in [6, 6.07) is 5.73. The van der Waals surface area contributed by atoms with Crippen molar-refractivity contribution >= 4 is 47.1 Å². The molecular formula is C22H27ClN2O7S. The van der Waals surface area contributed by atoms with Crippen LogP contribution in [0.3, 0.4) is 0 Å². The van der Waals surface area contributed by atoms with Gasteiger partial charge in [0.25, 0.3) is 0 Å². The number of likely N-dealkylation sites (tertiary alicyclic amines) is 1. The molecule has 0 bridgehead atoms. The van der Waals surface area contributed by atoms with Crippen LogP contribution in [0.4, 0.5) is 0 Å². The molecule has 1 aromatic rings. The van der Waals surface area contributed by atoms with E-state index in [1.165, 1.54) is 23.8 Å². The van der Waals surface area contributed by atoms with E-state index in [1.54, 1.807) is 43.7 Å². The maximum absolute atomic E-state index is 12.6. The van der Waals surface area contributed by atoms with Gasteiger partial charge in [0.2, 0.25) is 11.8 Å². The molecule has 11 heteroatoms. The number of halogens is 1. The van der Waals surface area contributed by atoms with E-state index in [2.05, 4.69) is 10.1 Å². The second kappa shape index (κ2) is 13.1. The van der Waals surface area contributed by atoms with E-state index in [-0.39, 0.29) is 31.4 Å². The number of alkyl halides is 1. The zero-order valence-electron chi connectivity index (χ0n) is 18.7. The molecule has 1 aliphatic heterocycles. The molecule has 2 amide bonds. The molecule has 9 nitrogen and oxygen atoms in total. The molecule has 2 unspecified atom stereocenters. The number of esters is 2. The topological polar surface area (TPSA) is 111 Å². The highest BCUT2D eigenvalue weighted by molar-refractivity contribution is 8.02. The molecule has 180 valence electrons. The summed E-state index contributed by atoms with van der Waals surface area (Å²) in [5.41, 5.74) is 1.54. The minimum Gasteiger partial charge on any atom is -0.497 e. The molecule has 1 fully saturated rings. The number of hydrogen-bond donors (Lipinski definition) is 1. The lowest BCUT2D eigenvalue weighted by Gasteiger charge is -2.47. The molecule has 1 saturated heterocycles. The van der Waals surface area contributed by atoms with Crippen LogP contribution in [-0.4, -0.2) is 73.1 Å². The number of carbonyl (C=O) groups is 4. The lowest BCUT2D eigenvalue weighted by molar-refractivity contribution is -0.160. The van der Waals surface area contributed by atoms with E-state index in [1.807, 2.05) is 0 Å². The highest BCUT2D eigenvalue weighted by atomic mass is 35.5. The Morgan fingerprint density at radius 1 is 1.18 bits per heavy atom. The van der Waals surface area contributed by atoms with Gasteiger partial charge in [0.15, 0.2) is 0 Å². The summed E-state index contributed by atoms with van der Waals surface area (Å²) in [6.45, 7) is 1.59. The van der Waals surface area contributed by atoms with Crippen molar-refractivity contribution in [3.8, 4) is 5.75 Å². The Morgan fingerprint density at radius 2 is 1.88 bits per heavy atom. The van der Waals surface area contributed by atoms with Crippen LogP contribution in [0.5, 0.6) is 5.75 Å². The van der Waals surface area contributed by atoms with Gasteiger partial charge < -0.3 is 24.4 Å². The van der Waals surface area contributed by atoms with Gasteiger partial charge in [0, 0.05) is 5.75 Å². The second-order valence-corrected chi connectivity index (χ2v) is 8.40. The molecule has 1 aromatic carbocycles. The number of nitrogens with zero attached hydrogens (tertiary/aromatic N) is 1. The molecule has 2 rings (SSSR count). The number of ether oxygens (including phenoxy) is 3. The first-order valence-electron chi connectivity index (χ1n) is 10.1. The number of carbonyl (C=O) groups excluding carboxylic acids is 4. The first-order valence-corrected chi connectivity index (χ1v) is 11.7. The summed E-state index contributed by atoms with van der Waals surface area (Å²) in [7, 11) is 2.89. The van der Waals surface area contributed by atoms with Crippen LogP contribution in [0.1, 0.15) is 18.9 Å². The molecular weight excluding hydrogens is 472 g/mol. The molecule has 33 heavy (non-hydrogen) atoms. The highest BCUT2D eigenvalue weighted by Gasteiger charge is 2.49. The van der Waals surface area contributed by atoms with E-state index in [0.29, 0.717) is 11.5 Å². The average Bonchev–Trinajstić information content (AvgIpc) is 2.83. The SMILES string of the molecule is COC(=O)CCSC=C(C)C1C(NC(=O)CCl)C(=O)N1CC(=O)OCc1ccc(OC)cc1. The van der Waals surface area contributed by atoms with Crippen LogP contribution < -0.4 is 10.1 Å². The zero-order chi connectivity index (χ0) is 24.4. The predicted molar refractivity (Wildman–Crippen MR) is 124 cm³/mol. The average molecular weight is 499 g/mol. The Balaban J connectivity index is 1.99. The van der Waals surface area contributed by atoms with Gasteiger partial charge in [-0.15, -0.1) is 23.4 Å². The zero-order valence-corrected chi connectivity index (χ0v) is 20.2. The second-order valence-electron chi connectivity index (χ2n) is 7.16. The Bertz CT molecular complexity index is 891. The maximum Gasteiger partial charge on any atom is 0.326 e. The fourth-order valence-electron chi connectivity index (χ4n) is 3.16. The maximum atomic E-state index is 12.6. The quantitative estimate of drug-likeness (QED) is 0.201. The first kappa shape index (κ1) is 26.5. The summed E-state index contributed by atoms with van der Waals surface area (Å²) < 4.78 is 15.0. The van der Waals surface area contributed by atoms with Crippen LogP contribution in [0.25, 0.3) is 0 Å². The van der Waals surface area contributed by atoms with Crippen molar-refractivity contribution in [1.82, 2.24) is 10.2 Å². The Labute approximate surface area is 201 Å². The predicted octanol–water partition coefficient (Wildman–Crippen LogP) is 1.87. The molecule has 0 aromatic heterocycles. The summed E-state index contributed by atoms with van der Waals surface area (Å²) in [5.74, 6) is -0.862. The minimum absolute atomic E-state index is 0.0557. The lowest BCUT2D eigenvalue weighted by atomic mass is 9.89. The Hall–Kier alpha value is -2.72. The first-order chi connectivity index (χ1) is 15.8. The largest absolute Gasteiger partial charge is 0.497 e. The third kappa shape index (κ3) is 7.68. The van der Waals surface area contributed by atoms with Gasteiger partial charge >= 0.3 is 11.9 Å². The van der Waals surface area contributed by atoms with Crippen molar-refractivity contribution in [3.63, 3.8) is 0 Å². The fourth-order valence-corrected chi connectivity index (χ4v) is 4.04. The molecule has 0 saturated carbocycles. The molecule has 1 aliphatic rings. The number of thioether (sulfide) groups is 1. The number of nitrogens with one attached hydrogen (secondary N) is 1. The van der Waals surface area contributed by atoms with Crippen LogP contribution in [-0.2, 0) is 35.3 Å². The third-order valence-electron chi connectivity index (χ3n) is 4.88. The third-order valence-corrected chi connectivity index (χ3v) is 6.11. The van der Waals surface area contributed by atoms with Crippen molar-refractivity contribution in [2.24, 2.45) is 0 Å². The number of rotatable bonds is 12. The number of amides is 2. The van der Waals surface area contributed by atoms with Gasteiger partial charge in [-0.2, -0.15) is 0 Å². The van der Waals surface area contributed by atoms with Gasteiger partial charge in [-0.25, -0.2) is 0 Å². The van der Waals surface area contributed by atoms with Gasteiger partial charge in [-0.3, -0.25) is 19.2 Å². The molecule has 0 radical (unpaired) electrons. The number of hydrogen-bond acceptors (Lipinski definition) is 8. The number of methoxy groups -OCH3 is 2. The van der Waals surface area contributed by atoms with E-state index < -0.39 is 29.9 Å². The molecule has 2 atom stereocenters. The Kier molecular flexibility index (Phi) is 10.5. The summed E-state index contributed by atoms with van der Waals surface area (Å²) in [4.78, 5) is 49.3. The van der Waals surface area contributed by atoms with Gasteiger partial charge in [0.05, 0.1) is 26.7 Å². The van der Waals surface area contributed by atoms with Crippen molar-refractivity contribution in [2.75, 3.05) is 32.4 Å². The molecule has 0 aliphatic carbocycles. The van der Waals surface area contributed by atoms with Crippen molar-refractivity contribution in [2.45, 2.75) is 32.0 Å². The molecule has 1 heterocycles.